The molecule has 21 heavy (non-hydrogen) atoms. The van der Waals surface area contributed by atoms with E-state index in [0.717, 1.165) is 38.2 Å². The van der Waals surface area contributed by atoms with E-state index in [9.17, 15) is 8.78 Å². The Morgan fingerprint density at radius 1 is 0.952 bits per heavy atom. The van der Waals surface area contributed by atoms with Crippen molar-refractivity contribution in [3.8, 4) is 0 Å². The average molecular weight is 290 g/mol. The van der Waals surface area contributed by atoms with Gasteiger partial charge in [-0.25, -0.2) is 8.78 Å². The number of allylic oxidation sites excluding steroid dienone is 3. The molecule has 3 rings (SSSR count). The van der Waals surface area contributed by atoms with Gasteiger partial charge in [-0.2, -0.15) is 0 Å². The van der Waals surface area contributed by atoms with Crippen molar-refractivity contribution in [2.75, 3.05) is 26.2 Å². The molecule has 1 aliphatic heterocycles. The van der Waals surface area contributed by atoms with Crippen LogP contribution in [0.15, 0.2) is 47.8 Å². The standard InChI is InChI=1S/C17H20F2N2/c18-15-5-1-13(2-6-15)17(21-11-9-20-10-12-21)14-3-7-16(19)8-4-14/h1-3,5-7,17,20H,4,8-12H2. The normalized spacial score (nSPS) is 21.6. The summed E-state index contributed by atoms with van der Waals surface area (Å²) in [4.78, 5) is 2.40. The first-order valence-corrected chi connectivity index (χ1v) is 7.49. The highest BCUT2D eigenvalue weighted by Gasteiger charge is 2.26. The van der Waals surface area contributed by atoms with Crippen molar-refractivity contribution in [2.24, 2.45) is 0 Å². The lowest BCUT2D eigenvalue weighted by molar-refractivity contribution is 0.192. The van der Waals surface area contributed by atoms with Crippen molar-refractivity contribution in [3.05, 3.63) is 59.2 Å². The molecule has 1 aliphatic carbocycles. The molecular formula is C17H20F2N2. The zero-order chi connectivity index (χ0) is 14.7. The summed E-state index contributed by atoms with van der Waals surface area (Å²) in [7, 11) is 0. The summed E-state index contributed by atoms with van der Waals surface area (Å²) in [6.07, 6.45) is 4.66. The maximum absolute atomic E-state index is 13.3. The van der Waals surface area contributed by atoms with Crippen molar-refractivity contribution in [1.29, 1.82) is 0 Å². The number of benzene rings is 1. The first kappa shape index (κ1) is 14.4. The molecule has 112 valence electrons. The van der Waals surface area contributed by atoms with E-state index < -0.39 is 0 Å². The summed E-state index contributed by atoms with van der Waals surface area (Å²) in [5, 5.41) is 3.35. The number of halogens is 2. The van der Waals surface area contributed by atoms with Crippen LogP contribution in [-0.4, -0.2) is 31.1 Å². The topological polar surface area (TPSA) is 15.3 Å². The second kappa shape index (κ2) is 6.50. The van der Waals surface area contributed by atoms with Gasteiger partial charge in [0.25, 0.3) is 0 Å². The van der Waals surface area contributed by atoms with Crippen LogP contribution in [0, 0.1) is 5.82 Å². The molecule has 1 saturated heterocycles. The van der Waals surface area contributed by atoms with Crippen LogP contribution in [0.3, 0.4) is 0 Å². The fourth-order valence-electron chi connectivity index (χ4n) is 3.10. The lowest BCUT2D eigenvalue weighted by Crippen LogP contribution is -2.45. The van der Waals surface area contributed by atoms with Crippen LogP contribution < -0.4 is 5.32 Å². The van der Waals surface area contributed by atoms with Crippen LogP contribution >= 0.6 is 0 Å². The van der Waals surface area contributed by atoms with E-state index in [1.54, 1.807) is 6.08 Å². The van der Waals surface area contributed by atoms with Gasteiger partial charge in [-0.05, 0) is 35.8 Å². The molecule has 1 fully saturated rings. The van der Waals surface area contributed by atoms with Crippen LogP contribution in [0.5, 0.6) is 0 Å². The Morgan fingerprint density at radius 2 is 1.67 bits per heavy atom. The van der Waals surface area contributed by atoms with Crippen LogP contribution in [0.2, 0.25) is 0 Å². The van der Waals surface area contributed by atoms with E-state index in [1.165, 1.54) is 17.7 Å². The monoisotopic (exact) mass is 290 g/mol. The maximum Gasteiger partial charge on any atom is 0.123 e. The Labute approximate surface area is 124 Å². The third-order valence-corrected chi connectivity index (χ3v) is 4.18. The molecule has 0 radical (unpaired) electrons. The van der Waals surface area contributed by atoms with Crippen LogP contribution in [0.1, 0.15) is 24.4 Å². The molecule has 0 aromatic heterocycles. The summed E-state index contributed by atoms with van der Waals surface area (Å²) in [6, 6.07) is 6.82. The molecule has 2 aliphatic rings. The highest BCUT2D eigenvalue weighted by atomic mass is 19.1. The van der Waals surface area contributed by atoms with E-state index in [1.807, 2.05) is 18.2 Å². The van der Waals surface area contributed by atoms with Crippen molar-refractivity contribution in [2.45, 2.75) is 18.9 Å². The van der Waals surface area contributed by atoms with Gasteiger partial charge < -0.3 is 5.32 Å². The highest BCUT2D eigenvalue weighted by Crippen LogP contribution is 2.34. The van der Waals surface area contributed by atoms with E-state index in [2.05, 4.69) is 10.2 Å². The first-order chi connectivity index (χ1) is 10.2. The molecule has 1 heterocycles. The Hall–Kier alpha value is -1.52. The molecule has 4 heteroatoms. The van der Waals surface area contributed by atoms with Crippen LogP contribution in [-0.2, 0) is 0 Å². The number of hydrogen-bond acceptors (Lipinski definition) is 2. The van der Waals surface area contributed by atoms with Gasteiger partial charge in [0, 0.05) is 32.6 Å². The molecule has 1 aromatic carbocycles. The van der Waals surface area contributed by atoms with E-state index >= 15 is 0 Å². The summed E-state index contributed by atoms with van der Waals surface area (Å²) in [6.45, 7) is 3.81. The minimum atomic E-state index is -0.221. The van der Waals surface area contributed by atoms with Gasteiger partial charge in [0.2, 0.25) is 0 Å². The van der Waals surface area contributed by atoms with E-state index in [4.69, 9.17) is 0 Å². The van der Waals surface area contributed by atoms with Crippen LogP contribution in [0.25, 0.3) is 0 Å². The van der Waals surface area contributed by atoms with Gasteiger partial charge in [0.05, 0.1) is 6.04 Å². The van der Waals surface area contributed by atoms with Crippen molar-refractivity contribution in [3.63, 3.8) is 0 Å². The third kappa shape index (κ3) is 3.39. The Balaban J connectivity index is 1.92. The summed E-state index contributed by atoms with van der Waals surface area (Å²) in [5.41, 5.74) is 2.30. The molecule has 1 unspecified atom stereocenters. The molecule has 0 bridgehead atoms. The quantitative estimate of drug-likeness (QED) is 0.918. The summed E-state index contributed by atoms with van der Waals surface area (Å²) >= 11 is 0. The zero-order valence-corrected chi connectivity index (χ0v) is 12.0. The van der Waals surface area contributed by atoms with Crippen molar-refractivity contribution < 1.29 is 8.78 Å². The molecule has 1 N–H and O–H groups in total. The minimum Gasteiger partial charge on any atom is -0.314 e. The van der Waals surface area contributed by atoms with Crippen molar-refractivity contribution >= 4 is 0 Å². The molecule has 1 aromatic rings. The number of nitrogens with zero attached hydrogens (tertiary/aromatic N) is 1. The second-order valence-corrected chi connectivity index (χ2v) is 5.60. The number of piperazine rings is 1. The molecule has 2 nitrogen and oxygen atoms in total. The maximum atomic E-state index is 13.3. The summed E-state index contributed by atoms with van der Waals surface area (Å²) in [5.74, 6) is -0.279. The van der Waals surface area contributed by atoms with E-state index in [0.29, 0.717) is 6.42 Å². The second-order valence-electron chi connectivity index (χ2n) is 5.60. The van der Waals surface area contributed by atoms with Gasteiger partial charge in [0.15, 0.2) is 0 Å². The molecule has 0 amide bonds. The first-order valence-electron chi connectivity index (χ1n) is 7.49. The molecule has 0 saturated carbocycles. The predicted molar refractivity (Wildman–Crippen MR) is 80.1 cm³/mol. The Morgan fingerprint density at radius 3 is 2.29 bits per heavy atom. The predicted octanol–water partition coefficient (Wildman–Crippen LogP) is 3.35. The van der Waals surface area contributed by atoms with Gasteiger partial charge in [-0.3, -0.25) is 4.90 Å². The van der Waals surface area contributed by atoms with Gasteiger partial charge >= 0.3 is 0 Å². The van der Waals surface area contributed by atoms with Gasteiger partial charge in [-0.1, -0.05) is 18.2 Å². The molecule has 0 spiro atoms. The minimum absolute atomic E-state index is 0.0584. The zero-order valence-electron chi connectivity index (χ0n) is 12.0. The average Bonchev–Trinajstić information content (AvgIpc) is 2.52. The number of nitrogens with one attached hydrogen (secondary N) is 1. The van der Waals surface area contributed by atoms with Gasteiger partial charge in [0.1, 0.15) is 11.6 Å². The SMILES string of the molecule is FC1=CC=C(C(c2ccc(F)cc2)N2CCNCC2)CC1. The molecular weight excluding hydrogens is 270 g/mol. The van der Waals surface area contributed by atoms with E-state index in [-0.39, 0.29) is 17.7 Å². The largest absolute Gasteiger partial charge is 0.314 e. The lowest BCUT2D eigenvalue weighted by Gasteiger charge is -2.37. The smallest absolute Gasteiger partial charge is 0.123 e. The number of hydrogen-bond donors (Lipinski definition) is 1. The Kier molecular flexibility index (Phi) is 4.46. The van der Waals surface area contributed by atoms with Gasteiger partial charge in [-0.15, -0.1) is 0 Å². The third-order valence-electron chi connectivity index (χ3n) is 4.18. The van der Waals surface area contributed by atoms with Crippen LogP contribution in [0.4, 0.5) is 8.78 Å². The fraction of sp³-hybridized carbons (Fsp3) is 0.412. The lowest BCUT2D eigenvalue weighted by atomic mass is 9.90. The fourth-order valence-corrected chi connectivity index (χ4v) is 3.10. The van der Waals surface area contributed by atoms with Crippen molar-refractivity contribution in [1.82, 2.24) is 10.2 Å². The molecule has 1 atom stereocenters. The number of rotatable bonds is 3. The summed E-state index contributed by atoms with van der Waals surface area (Å²) < 4.78 is 26.4. The highest BCUT2D eigenvalue weighted by molar-refractivity contribution is 5.33. The Bertz CT molecular complexity index is 542.